The molecule has 1 aliphatic heterocycles. The van der Waals surface area contributed by atoms with Crippen LogP contribution >= 0.6 is 23.4 Å². The summed E-state index contributed by atoms with van der Waals surface area (Å²) in [4.78, 5) is 16.2. The van der Waals surface area contributed by atoms with Gasteiger partial charge in [-0.3, -0.25) is 6.29 Å². The van der Waals surface area contributed by atoms with Gasteiger partial charge in [-0.1, -0.05) is 50.3 Å². The van der Waals surface area contributed by atoms with E-state index in [9.17, 15) is 26.7 Å². The number of halogens is 7. The number of hydrogen-bond acceptors (Lipinski definition) is 5. The molecule has 0 amide bonds. The van der Waals surface area contributed by atoms with Crippen LogP contribution in [0, 0.1) is 11.2 Å². The Hall–Kier alpha value is -1.47. The molecule has 0 N–H and O–H groups in total. The van der Waals surface area contributed by atoms with Crippen LogP contribution in [0.2, 0.25) is 5.15 Å². The Morgan fingerprint density at radius 3 is 2.24 bits per heavy atom. The molecule has 2 saturated carbocycles. The number of anilines is 2. The van der Waals surface area contributed by atoms with Crippen molar-refractivity contribution in [2.45, 2.75) is 75.6 Å². The number of hydrogen-bond donors (Lipinski definition) is 0. The Morgan fingerprint density at radius 1 is 1.14 bits per heavy atom. The maximum absolute atomic E-state index is 15.1. The average molecular weight is 644 g/mol. The molecule has 42 heavy (non-hydrogen) atoms. The molecule has 2 fully saturated rings. The number of nitrogens with zero attached hydrogens (tertiary/aromatic N) is 4. The van der Waals surface area contributed by atoms with Gasteiger partial charge in [-0.15, -0.1) is 0 Å². The summed E-state index contributed by atoms with van der Waals surface area (Å²) in [5, 5.41) is 4.88. The van der Waals surface area contributed by atoms with Gasteiger partial charge in [0.15, 0.2) is 10.8 Å². The number of alkyl halides is 5. The fraction of sp³-hybridized carbons (Fsp3) is 0.536. The van der Waals surface area contributed by atoms with Crippen LogP contribution in [0.4, 0.5) is 37.7 Å². The third-order valence-corrected chi connectivity index (χ3v) is 9.41. The molecule has 3 unspecified atom stereocenters. The molecule has 0 bridgehead atoms. The molecule has 2 aromatic heterocycles. The maximum Gasteiger partial charge on any atom is 1.00 e. The molecular weight excluding hydrogens is 613 g/mol. The molecule has 14 heteroatoms. The predicted molar refractivity (Wildman–Crippen MR) is 150 cm³/mol. The van der Waals surface area contributed by atoms with Gasteiger partial charge in [0.1, 0.15) is 11.2 Å². The molecule has 5 nitrogen and oxygen atoms in total. The third-order valence-electron chi connectivity index (χ3n) is 8.09. The van der Waals surface area contributed by atoms with Crippen molar-refractivity contribution in [3.8, 4) is 0 Å². The summed E-state index contributed by atoms with van der Waals surface area (Å²) >= 11 is 7.88. The number of carbonyl (C=O) groups excluding carboxylic acids is 1. The van der Waals surface area contributed by atoms with Gasteiger partial charge in [-0.05, 0) is 43.7 Å². The summed E-state index contributed by atoms with van der Waals surface area (Å²) in [5.74, 6) is -5.98. The van der Waals surface area contributed by atoms with Crippen molar-refractivity contribution in [2.24, 2.45) is 5.41 Å². The summed E-state index contributed by atoms with van der Waals surface area (Å²) in [5.41, 5.74) is -5.16. The van der Waals surface area contributed by atoms with Gasteiger partial charge in [0.25, 0.3) is 0 Å². The van der Waals surface area contributed by atoms with E-state index in [1.807, 2.05) is 25.6 Å². The summed E-state index contributed by atoms with van der Waals surface area (Å²) < 4.78 is 86.9. The Balaban J connectivity index is 0.000000570. The van der Waals surface area contributed by atoms with Crippen LogP contribution < -0.4 is 34.5 Å². The fourth-order valence-electron chi connectivity index (χ4n) is 5.25. The van der Waals surface area contributed by atoms with Crippen molar-refractivity contribution in [1.82, 2.24) is 14.6 Å². The second-order valence-electron chi connectivity index (χ2n) is 10.5. The zero-order valence-electron chi connectivity index (χ0n) is 25.1. The number of thioether (sulfide) groups is 1. The summed E-state index contributed by atoms with van der Waals surface area (Å²) in [6.07, 6.45) is 4.37. The van der Waals surface area contributed by atoms with Gasteiger partial charge in [0.2, 0.25) is 5.92 Å². The van der Waals surface area contributed by atoms with Crippen molar-refractivity contribution in [3.05, 3.63) is 52.7 Å². The molecule has 0 saturated heterocycles. The maximum atomic E-state index is 15.1. The van der Waals surface area contributed by atoms with Crippen molar-refractivity contribution in [2.75, 3.05) is 17.7 Å². The molecule has 0 spiro atoms. The molecule has 6 rings (SSSR count). The van der Waals surface area contributed by atoms with E-state index in [1.165, 1.54) is 43.9 Å². The number of aromatic nitrogens is 3. The van der Waals surface area contributed by atoms with Crippen LogP contribution in [0.3, 0.4) is 0 Å². The Labute approximate surface area is 273 Å². The first kappa shape index (κ1) is 35.0. The average Bonchev–Trinajstić information content (AvgIpc) is 3.16. The predicted octanol–water partition coefficient (Wildman–Crippen LogP) is 5.39. The van der Waals surface area contributed by atoms with E-state index in [0.717, 1.165) is 40.6 Å². The zero-order chi connectivity index (χ0) is 30.5. The van der Waals surface area contributed by atoms with Crippen molar-refractivity contribution in [1.29, 1.82) is 0 Å². The van der Waals surface area contributed by atoms with E-state index in [2.05, 4.69) is 16.3 Å². The van der Waals surface area contributed by atoms with Crippen molar-refractivity contribution < 1.29 is 62.1 Å². The minimum Gasteiger partial charge on any atom is -1.00 e. The Kier molecular flexibility index (Phi) is 10.4. The molecule has 3 aliphatic rings. The molecule has 0 radical (unpaired) electrons. The van der Waals surface area contributed by atoms with Gasteiger partial charge in [0, 0.05) is 23.8 Å². The first-order chi connectivity index (χ1) is 19.2. The van der Waals surface area contributed by atoms with Crippen LogP contribution in [-0.4, -0.2) is 51.0 Å². The third kappa shape index (κ3) is 5.59. The van der Waals surface area contributed by atoms with E-state index in [0.29, 0.717) is 0 Å². The molecule has 3 atom stereocenters. The summed E-state index contributed by atoms with van der Waals surface area (Å²) in [6.45, 7) is 5.29. The quantitative estimate of drug-likeness (QED) is 0.217. The summed E-state index contributed by atoms with van der Waals surface area (Å²) in [6, 6.07) is 4.42. The largest absolute Gasteiger partial charge is 1.00 e. The van der Waals surface area contributed by atoms with Gasteiger partial charge in [0.05, 0.1) is 23.3 Å². The van der Waals surface area contributed by atoms with Crippen molar-refractivity contribution in [3.63, 3.8) is 0 Å². The second-order valence-corrected chi connectivity index (χ2v) is 12.0. The first-order valence-electron chi connectivity index (χ1n) is 13.2. The molecule has 226 valence electrons. The van der Waals surface area contributed by atoms with E-state index >= 15 is 4.39 Å². The SMILES string of the molecule is CC.CC1(C(F)(F)F)CN(c2ccc(C3C(F)(F)C3(C)[C-]=O)cc2F)c2cnc3cc(Cl)nn3c21.CSC1CCC1.[H-].[Na+]. The smallest absolute Gasteiger partial charge is 1.00 e. The van der Waals surface area contributed by atoms with Crippen LogP contribution in [0.1, 0.15) is 65.6 Å². The number of rotatable bonds is 4. The topological polar surface area (TPSA) is 50.5 Å². The molecule has 1 aromatic carbocycles. The Bertz CT molecular complexity index is 1460. The van der Waals surface area contributed by atoms with Gasteiger partial charge in [-0.25, -0.2) is 22.7 Å². The number of fused-ring (bicyclic) bond motifs is 3. The van der Waals surface area contributed by atoms with Gasteiger partial charge >= 0.3 is 35.7 Å². The Morgan fingerprint density at radius 2 is 1.79 bits per heavy atom. The van der Waals surface area contributed by atoms with Gasteiger partial charge in [-0.2, -0.15) is 30.0 Å². The standard InChI is InChI=1S/C21H14ClF6N4O.C5H10S.C2H6.Na.H/c1-18(21(26,27)28)8-31(13-7-29-15-6-14(22)30-32(15)17(13)18)12-4-3-10(5-11(12)23)16-19(2,9-33)20(16,24)25;1-6-5-3-2-4-5;1-2;;/h3-7,16H,8H2,1-2H3;5H,2-4H2,1H3;1-2H3;;/q-1;;;+1;-1. The van der Waals surface area contributed by atoms with Crippen LogP contribution in [0.5, 0.6) is 0 Å². The zero-order valence-corrected chi connectivity index (χ0v) is 27.7. The van der Waals surface area contributed by atoms with Crippen LogP contribution in [0.15, 0.2) is 30.5 Å². The monoisotopic (exact) mass is 643 g/mol. The second kappa shape index (κ2) is 12.5. The minimum absolute atomic E-state index is 0. The molecular formula is C28H31ClF6N4NaOS-. The van der Waals surface area contributed by atoms with Crippen LogP contribution in [0.25, 0.3) is 5.65 Å². The normalized spacial score (nSPS) is 25.7. The summed E-state index contributed by atoms with van der Waals surface area (Å²) in [7, 11) is 0. The van der Waals surface area contributed by atoms with E-state index < -0.39 is 41.2 Å². The fourth-order valence-corrected chi connectivity index (χ4v) is 6.23. The molecule has 3 aromatic rings. The number of benzene rings is 1. The first-order valence-corrected chi connectivity index (χ1v) is 14.8. The molecule has 3 heterocycles. The van der Waals surface area contributed by atoms with Crippen molar-refractivity contribution >= 4 is 46.7 Å². The minimum atomic E-state index is -4.74. The van der Waals surface area contributed by atoms with E-state index in [4.69, 9.17) is 11.6 Å². The molecule has 2 aliphatic carbocycles. The van der Waals surface area contributed by atoms with E-state index in [-0.39, 0.29) is 64.4 Å². The van der Waals surface area contributed by atoms with Crippen LogP contribution in [-0.2, 0) is 10.2 Å². The van der Waals surface area contributed by atoms with Gasteiger partial charge < -0.3 is 11.1 Å². The van der Waals surface area contributed by atoms with E-state index in [1.54, 1.807) is 0 Å².